The normalized spacial score (nSPS) is 12.2. The van der Waals surface area contributed by atoms with Gasteiger partial charge in [-0.05, 0) is 47.2 Å². The van der Waals surface area contributed by atoms with Gasteiger partial charge in [0.2, 0.25) is 0 Å². The standard InChI is InChI=1S/C12H14BrClINO2/c1-18-7-9(4-5-14)16-12(17)10-6-8(13)2-3-11(10)15/h2-3,6,9H,4-5,7H2,1H3,(H,16,17). The number of benzene rings is 1. The second-order valence-electron chi connectivity index (χ2n) is 3.73. The van der Waals surface area contributed by atoms with Crippen LogP contribution in [0.2, 0.25) is 0 Å². The molecule has 6 heteroatoms. The molecule has 0 spiro atoms. The van der Waals surface area contributed by atoms with Gasteiger partial charge >= 0.3 is 0 Å². The summed E-state index contributed by atoms with van der Waals surface area (Å²) in [6.45, 7) is 0.461. The second-order valence-corrected chi connectivity index (χ2v) is 6.18. The highest BCUT2D eigenvalue weighted by molar-refractivity contribution is 14.1. The van der Waals surface area contributed by atoms with Crippen LogP contribution in [0.1, 0.15) is 16.8 Å². The third-order valence-corrected chi connectivity index (χ3v) is 3.99. The van der Waals surface area contributed by atoms with Crippen molar-refractivity contribution in [3.8, 4) is 0 Å². The number of nitrogens with one attached hydrogen (secondary N) is 1. The number of rotatable bonds is 6. The molecule has 100 valence electrons. The highest BCUT2D eigenvalue weighted by Gasteiger charge is 2.15. The second kappa shape index (κ2) is 8.35. The SMILES string of the molecule is COCC(CCCl)NC(=O)c1cc(Br)ccc1I. The van der Waals surface area contributed by atoms with E-state index in [-0.39, 0.29) is 11.9 Å². The Hall–Kier alpha value is 0.150. The molecule has 0 fully saturated rings. The summed E-state index contributed by atoms with van der Waals surface area (Å²) in [5, 5.41) is 2.93. The van der Waals surface area contributed by atoms with E-state index in [9.17, 15) is 4.79 Å². The maximum atomic E-state index is 12.1. The van der Waals surface area contributed by atoms with Crippen LogP contribution in [0.25, 0.3) is 0 Å². The number of carbonyl (C=O) groups is 1. The molecule has 1 atom stereocenters. The van der Waals surface area contributed by atoms with E-state index in [0.717, 1.165) is 8.04 Å². The Morgan fingerprint density at radius 1 is 1.61 bits per heavy atom. The van der Waals surface area contributed by atoms with Crippen molar-refractivity contribution in [3.63, 3.8) is 0 Å². The molecule has 0 aliphatic heterocycles. The molecular formula is C12H14BrClINO2. The summed E-state index contributed by atoms with van der Waals surface area (Å²) in [6.07, 6.45) is 0.686. The molecule has 1 amide bonds. The lowest BCUT2D eigenvalue weighted by molar-refractivity contribution is 0.0894. The largest absolute Gasteiger partial charge is 0.383 e. The number of alkyl halides is 1. The Bertz CT molecular complexity index is 411. The van der Waals surface area contributed by atoms with Crippen molar-refractivity contribution in [2.75, 3.05) is 19.6 Å². The minimum atomic E-state index is -0.104. The summed E-state index contributed by atoms with van der Waals surface area (Å²) in [4.78, 5) is 12.1. The van der Waals surface area contributed by atoms with Crippen LogP contribution < -0.4 is 5.32 Å². The predicted octanol–water partition coefficient (Wildman–Crippen LogP) is 3.43. The fraction of sp³-hybridized carbons (Fsp3) is 0.417. The van der Waals surface area contributed by atoms with E-state index < -0.39 is 0 Å². The smallest absolute Gasteiger partial charge is 0.252 e. The fourth-order valence-electron chi connectivity index (χ4n) is 1.46. The fourth-order valence-corrected chi connectivity index (χ4v) is 2.67. The van der Waals surface area contributed by atoms with Crippen LogP contribution in [0.4, 0.5) is 0 Å². The van der Waals surface area contributed by atoms with Gasteiger partial charge in [0.05, 0.1) is 18.2 Å². The van der Waals surface area contributed by atoms with Crippen molar-refractivity contribution in [2.24, 2.45) is 0 Å². The third-order valence-electron chi connectivity index (χ3n) is 2.33. The van der Waals surface area contributed by atoms with E-state index in [0.29, 0.717) is 24.5 Å². The Morgan fingerprint density at radius 3 is 2.94 bits per heavy atom. The summed E-state index contributed by atoms with van der Waals surface area (Å²) >= 11 is 11.2. The van der Waals surface area contributed by atoms with E-state index in [2.05, 4.69) is 43.8 Å². The summed E-state index contributed by atoms with van der Waals surface area (Å²) in [5.74, 6) is 0.386. The average molecular weight is 447 g/mol. The molecule has 1 aromatic rings. The number of halogens is 3. The Labute approximate surface area is 134 Å². The first kappa shape index (κ1) is 16.2. The lowest BCUT2D eigenvalue weighted by Gasteiger charge is -2.17. The molecule has 1 rings (SSSR count). The van der Waals surface area contributed by atoms with Crippen LogP contribution in [0.5, 0.6) is 0 Å². The molecule has 0 aliphatic rings. The maximum Gasteiger partial charge on any atom is 0.252 e. The van der Waals surface area contributed by atoms with Gasteiger partial charge in [-0.2, -0.15) is 0 Å². The van der Waals surface area contributed by atoms with Gasteiger partial charge in [-0.25, -0.2) is 0 Å². The Morgan fingerprint density at radius 2 is 2.33 bits per heavy atom. The molecule has 0 radical (unpaired) electrons. The van der Waals surface area contributed by atoms with Crippen LogP contribution in [0.15, 0.2) is 22.7 Å². The number of hydrogen-bond donors (Lipinski definition) is 1. The molecule has 1 aromatic carbocycles. The van der Waals surface area contributed by atoms with Gasteiger partial charge in [0, 0.05) is 21.0 Å². The van der Waals surface area contributed by atoms with Crippen molar-refractivity contribution in [3.05, 3.63) is 31.8 Å². The van der Waals surface area contributed by atoms with Gasteiger partial charge in [0.25, 0.3) is 5.91 Å². The average Bonchev–Trinajstić information content (AvgIpc) is 2.33. The molecule has 0 bridgehead atoms. The van der Waals surface area contributed by atoms with Gasteiger partial charge in [-0.15, -0.1) is 11.6 Å². The minimum absolute atomic E-state index is 0.0604. The predicted molar refractivity (Wildman–Crippen MR) is 85.3 cm³/mol. The third kappa shape index (κ3) is 5.03. The molecule has 0 heterocycles. The van der Waals surface area contributed by atoms with E-state index in [4.69, 9.17) is 16.3 Å². The number of ether oxygens (including phenoxy) is 1. The molecule has 0 aliphatic carbocycles. The van der Waals surface area contributed by atoms with Crippen LogP contribution in [-0.4, -0.2) is 31.5 Å². The van der Waals surface area contributed by atoms with Crippen molar-refractivity contribution >= 4 is 56.0 Å². The van der Waals surface area contributed by atoms with E-state index in [1.54, 1.807) is 7.11 Å². The van der Waals surface area contributed by atoms with Gasteiger partial charge in [0.1, 0.15) is 0 Å². The van der Waals surface area contributed by atoms with Crippen LogP contribution in [-0.2, 0) is 4.74 Å². The molecule has 0 saturated carbocycles. The Balaban J connectivity index is 2.76. The Kier molecular flexibility index (Phi) is 7.51. The zero-order valence-corrected chi connectivity index (χ0v) is 14.4. The van der Waals surface area contributed by atoms with Crippen molar-refractivity contribution in [2.45, 2.75) is 12.5 Å². The van der Waals surface area contributed by atoms with Gasteiger partial charge in [-0.3, -0.25) is 4.79 Å². The quantitative estimate of drug-likeness (QED) is 0.537. The first-order chi connectivity index (χ1) is 8.58. The highest BCUT2D eigenvalue weighted by Crippen LogP contribution is 2.18. The zero-order valence-electron chi connectivity index (χ0n) is 9.88. The van der Waals surface area contributed by atoms with Gasteiger partial charge in [0.15, 0.2) is 0 Å². The van der Waals surface area contributed by atoms with Crippen molar-refractivity contribution in [1.29, 1.82) is 0 Å². The number of carbonyl (C=O) groups excluding carboxylic acids is 1. The lowest BCUT2D eigenvalue weighted by atomic mass is 10.2. The number of amides is 1. The van der Waals surface area contributed by atoms with Crippen LogP contribution in [0.3, 0.4) is 0 Å². The van der Waals surface area contributed by atoms with Gasteiger partial charge < -0.3 is 10.1 Å². The molecule has 0 aromatic heterocycles. The topological polar surface area (TPSA) is 38.3 Å². The molecule has 18 heavy (non-hydrogen) atoms. The summed E-state index contributed by atoms with van der Waals surface area (Å²) in [5.41, 5.74) is 0.653. The summed E-state index contributed by atoms with van der Waals surface area (Å²) in [6, 6.07) is 5.55. The van der Waals surface area contributed by atoms with E-state index >= 15 is 0 Å². The maximum absolute atomic E-state index is 12.1. The highest BCUT2D eigenvalue weighted by atomic mass is 127. The van der Waals surface area contributed by atoms with Crippen molar-refractivity contribution in [1.82, 2.24) is 5.32 Å². The first-order valence-corrected chi connectivity index (χ1v) is 7.80. The molecule has 1 N–H and O–H groups in total. The van der Waals surface area contributed by atoms with Crippen LogP contribution in [0, 0.1) is 3.57 Å². The summed E-state index contributed by atoms with van der Waals surface area (Å²) in [7, 11) is 1.61. The van der Waals surface area contributed by atoms with Gasteiger partial charge in [-0.1, -0.05) is 15.9 Å². The first-order valence-electron chi connectivity index (χ1n) is 5.39. The van der Waals surface area contributed by atoms with Crippen molar-refractivity contribution < 1.29 is 9.53 Å². The molecule has 1 unspecified atom stereocenters. The molecular weight excluding hydrogens is 432 g/mol. The lowest BCUT2D eigenvalue weighted by Crippen LogP contribution is -2.38. The van der Waals surface area contributed by atoms with Crippen LogP contribution >= 0.6 is 50.1 Å². The number of hydrogen-bond acceptors (Lipinski definition) is 2. The monoisotopic (exact) mass is 445 g/mol. The van der Waals surface area contributed by atoms with E-state index in [1.807, 2.05) is 18.2 Å². The molecule has 0 saturated heterocycles. The zero-order chi connectivity index (χ0) is 13.5. The van der Waals surface area contributed by atoms with E-state index in [1.165, 1.54) is 0 Å². The minimum Gasteiger partial charge on any atom is -0.383 e. The summed E-state index contributed by atoms with van der Waals surface area (Å²) < 4.78 is 6.86. The molecule has 3 nitrogen and oxygen atoms in total. The number of methoxy groups -OCH3 is 1.